The van der Waals surface area contributed by atoms with Gasteiger partial charge in [-0.05, 0) is 106 Å². The van der Waals surface area contributed by atoms with Gasteiger partial charge in [-0.25, -0.2) is 0 Å². The molecule has 176 valence electrons. The third kappa shape index (κ3) is 5.54. The molecule has 0 aromatic carbocycles. The minimum atomic E-state index is -0.618. The van der Waals surface area contributed by atoms with Gasteiger partial charge in [0.2, 0.25) is 0 Å². The van der Waals surface area contributed by atoms with Crippen LogP contribution in [0.25, 0.3) is 0 Å². The fourth-order valence-electron chi connectivity index (χ4n) is 6.81. The Bertz CT molecular complexity index is 696. The van der Waals surface area contributed by atoms with Crippen LogP contribution in [0.15, 0.2) is 35.5 Å². The van der Waals surface area contributed by atoms with Crippen LogP contribution in [0.2, 0.25) is 0 Å². The maximum Gasteiger partial charge on any atom is 0.0809 e. The SMILES string of the molecule is C=C1[C@H](O)CC(=CC=C2CCC[C@@]3(C)C2CC[C@@H]3[C@@H](C)[C@H](C)CCC(C)(C)O)C[C@H]1O. The zero-order valence-corrected chi connectivity index (χ0v) is 20.5. The van der Waals surface area contributed by atoms with Crippen LogP contribution in [0, 0.1) is 29.1 Å². The summed E-state index contributed by atoms with van der Waals surface area (Å²) in [5, 5.41) is 30.5. The van der Waals surface area contributed by atoms with Crippen molar-refractivity contribution in [2.24, 2.45) is 29.1 Å². The summed E-state index contributed by atoms with van der Waals surface area (Å²) < 4.78 is 0. The fourth-order valence-corrected chi connectivity index (χ4v) is 6.81. The van der Waals surface area contributed by atoms with E-state index in [1.165, 1.54) is 32.1 Å². The van der Waals surface area contributed by atoms with E-state index >= 15 is 0 Å². The van der Waals surface area contributed by atoms with Gasteiger partial charge in [-0.15, -0.1) is 0 Å². The van der Waals surface area contributed by atoms with Crippen molar-refractivity contribution in [2.75, 3.05) is 0 Å². The highest BCUT2D eigenvalue weighted by molar-refractivity contribution is 5.29. The van der Waals surface area contributed by atoms with Crippen LogP contribution in [0.4, 0.5) is 0 Å². The highest BCUT2D eigenvalue weighted by Gasteiger charge is 2.51. The van der Waals surface area contributed by atoms with Gasteiger partial charge in [-0.1, -0.05) is 50.6 Å². The molecule has 3 N–H and O–H groups in total. The molecule has 3 aliphatic carbocycles. The van der Waals surface area contributed by atoms with Gasteiger partial charge in [0.05, 0.1) is 17.8 Å². The molecule has 0 aliphatic heterocycles. The molecule has 0 saturated heterocycles. The van der Waals surface area contributed by atoms with Crippen LogP contribution in [-0.2, 0) is 0 Å². The molecule has 7 atom stereocenters. The van der Waals surface area contributed by atoms with Crippen LogP contribution >= 0.6 is 0 Å². The number of hydrogen-bond acceptors (Lipinski definition) is 3. The van der Waals surface area contributed by atoms with Crippen molar-refractivity contribution in [2.45, 2.75) is 110 Å². The van der Waals surface area contributed by atoms with Crippen LogP contribution in [0.3, 0.4) is 0 Å². The average Bonchev–Trinajstić information content (AvgIpc) is 3.04. The molecule has 0 bridgehead atoms. The lowest BCUT2D eigenvalue weighted by molar-refractivity contribution is 0.0447. The molecule has 1 unspecified atom stereocenters. The third-order valence-electron chi connectivity index (χ3n) is 9.08. The van der Waals surface area contributed by atoms with E-state index in [0.29, 0.717) is 41.6 Å². The molecule has 3 aliphatic rings. The van der Waals surface area contributed by atoms with E-state index in [2.05, 4.69) is 39.5 Å². The Labute approximate surface area is 190 Å². The second-order valence-corrected chi connectivity index (χ2v) is 11.9. The predicted molar refractivity (Wildman–Crippen MR) is 129 cm³/mol. The van der Waals surface area contributed by atoms with E-state index in [4.69, 9.17) is 0 Å². The van der Waals surface area contributed by atoms with Gasteiger partial charge in [-0.3, -0.25) is 0 Å². The maximum absolute atomic E-state index is 10.2. The number of aliphatic hydroxyl groups excluding tert-OH is 2. The van der Waals surface area contributed by atoms with E-state index < -0.39 is 17.8 Å². The topological polar surface area (TPSA) is 60.7 Å². The summed E-state index contributed by atoms with van der Waals surface area (Å²) in [5.74, 6) is 2.69. The Kier molecular flexibility index (Phi) is 7.61. The minimum Gasteiger partial charge on any atom is -0.390 e. The van der Waals surface area contributed by atoms with Crippen LogP contribution in [0.1, 0.15) is 92.4 Å². The summed E-state index contributed by atoms with van der Waals surface area (Å²) >= 11 is 0. The van der Waals surface area contributed by atoms with Crippen molar-refractivity contribution in [3.05, 3.63) is 35.5 Å². The van der Waals surface area contributed by atoms with E-state index in [1.54, 1.807) is 5.57 Å². The molecule has 0 spiro atoms. The lowest BCUT2D eigenvalue weighted by atomic mass is 9.59. The first-order valence-corrected chi connectivity index (χ1v) is 12.6. The zero-order valence-electron chi connectivity index (χ0n) is 20.5. The lowest BCUT2D eigenvalue weighted by Crippen LogP contribution is -2.37. The van der Waals surface area contributed by atoms with Gasteiger partial charge in [0.1, 0.15) is 0 Å². The monoisotopic (exact) mass is 430 g/mol. The number of aliphatic hydroxyl groups is 3. The molecule has 3 saturated carbocycles. The first-order chi connectivity index (χ1) is 14.4. The molecule has 0 heterocycles. The van der Waals surface area contributed by atoms with Crippen molar-refractivity contribution < 1.29 is 15.3 Å². The fraction of sp³-hybridized carbons (Fsp3) is 0.786. The lowest BCUT2D eigenvalue weighted by Gasteiger charge is -2.45. The van der Waals surface area contributed by atoms with Crippen molar-refractivity contribution in [3.8, 4) is 0 Å². The molecule has 3 heteroatoms. The second kappa shape index (κ2) is 9.53. The molecule has 0 radical (unpaired) electrons. The third-order valence-corrected chi connectivity index (χ3v) is 9.08. The van der Waals surface area contributed by atoms with Crippen molar-refractivity contribution >= 4 is 0 Å². The molecule has 3 nitrogen and oxygen atoms in total. The van der Waals surface area contributed by atoms with Crippen LogP contribution in [-0.4, -0.2) is 33.1 Å². The first kappa shape index (κ1) is 24.7. The van der Waals surface area contributed by atoms with E-state index in [1.807, 2.05) is 13.8 Å². The standard InChI is InChI=1S/C28H46O3/c1-18(13-15-27(4,5)31)19(2)23-11-12-24-22(8-7-14-28(23,24)6)10-9-21-16-25(29)20(3)26(30)17-21/h9-10,18-19,23-26,29-31H,3,7-8,11-17H2,1-2,4-6H3/t18-,19+,23-,24?,25-,26-,28-/m1/s1. The summed E-state index contributed by atoms with van der Waals surface area (Å²) in [7, 11) is 0. The van der Waals surface area contributed by atoms with Gasteiger partial charge in [0.15, 0.2) is 0 Å². The highest BCUT2D eigenvalue weighted by Crippen LogP contribution is 2.60. The predicted octanol–water partition coefficient (Wildman–Crippen LogP) is 5.95. The Balaban J connectivity index is 1.71. The van der Waals surface area contributed by atoms with E-state index in [-0.39, 0.29) is 0 Å². The number of fused-ring (bicyclic) bond motifs is 1. The minimum absolute atomic E-state index is 0.366. The van der Waals surface area contributed by atoms with Gasteiger partial charge < -0.3 is 15.3 Å². The molecule has 3 fully saturated rings. The zero-order chi connectivity index (χ0) is 23.0. The van der Waals surface area contributed by atoms with Crippen molar-refractivity contribution in [1.29, 1.82) is 0 Å². The Morgan fingerprint density at radius 2 is 1.77 bits per heavy atom. The smallest absolute Gasteiger partial charge is 0.0809 e. The van der Waals surface area contributed by atoms with E-state index in [9.17, 15) is 15.3 Å². The van der Waals surface area contributed by atoms with Gasteiger partial charge in [0.25, 0.3) is 0 Å². The first-order valence-electron chi connectivity index (χ1n) is 12.6. The largest absolute Gasteiger partial charge is 0.390 e. The van der Waals surface area contributed by atoms with Crippen molar-refractivity contribution in [3.63, 3.8) is 0 Å². The Morgan fingerprint density at radius 1 is 1.13 bits per heavy atom. The number of rotatable bonds is 6. The molecule has 31 heavy (non-hydrogen) atoms. The Morgan fingerprint density at radius 3 is 2.39 bits per heavy atom. The maximum atomic E-state index is 10.2. The molecule has 0 amide bonds. The number of allylic oxidation sites excluding steroid dienone is 3. The van der Waals surface area contributed by atoms with Gasteiger partial charge in [0, 0.05) is 0 Å². The van der Waals surface area contributed by atoms with Gasteiger partial charge >= 0.3 is 0 Å². The highest BCUT2D eigenvalue weighted by atomic mass is 16.3. The van der Waals surface area contributed by atoms with Gasteiger partial charge in [-0.2, -0.15) is 0 Å². The Hall–Kier alpha value is -0.900. The van der Waals surface area contributed by atoms with E-state index in [0.717, 1.165) is 24.3 Å². The number of hydrogen-bond donors (Lipinski definition) is 3. The second-order valence-electron chi connectivity index (χ2n) is 11.9. The van der Waals surface area contributed by atoms with Crippen molar-refractivity contribution in [1.82, 2.24) is 0 Å². The molecule has 0 aromatic heterocycles. The summed E-state index contributed by atoms with van der Waals surface area (Å²) in [5.41, 5.74) is 3.06. The normalized spacial score (nSPS) is 37.6. The van der Waals surface area contributed by atoms with Crippen LogP contribution in [0.5, 0.6) is 0 Å². The summed E-state index contributed by atoms with van der Waals surface area (Å²) in [6.45, 7) is 15.0. The quantitative estimate of drug-likeness (QED) is 0.456. The molecular weight excluding hydrogens is 384 g/mol. The average molecular weight is 431 g/mol. The summed E-state index contributed by atoms with van der Waals surface area (Å²) in [6, 6.07) is 0. The molecule has 0 aromatic rings. The molecule has 3 rings (SSSR count). The molecular formula is C28H46O3. The summed E-state index contributed by atoms with van der Waals surface area (Å²) in [4.78, 5) is 0. The van der Waals surface area contributed by atoms with Crippen LogP contribution < -0.4 is 0 Å². The summed E-state index contributed by atoms with van der Waals surface area (Å²) in [6.07, 6.45) is 12.8.